The molecule has 0 fully saturated rings. The molecule has 2 N–H and O–H groups in total. The van der Waals surface area contributed by atoms with E-state index in [1.54, 1.807) is 6.92 Å². The third-order valence-electron chi connectivity index (χ3n) is 2.24. The molecule has 3 nitrogen and oxygen atoms in total. The lowest BCUT2D eigenvalue weighted by molar-refractivity contribution is -0.139. The highest BCUT2D eigenvalue weighted by Gasteiger charge is 2.14. The highest BCUT2D eigenvalue weighted by atomic mass is 127. The number of halogens is 1. The molecule has 0 aliphatic carbocycles. The van der Waals surface area contributed by atoms with E-state index in [1.165, 1.54) is 3.57 Å². The summed E-state index contributed by atoms with van der Waals surface area (Å²) in [6, 6.07) is 7.56. The first-order valence-corrected chi connectivity index (χ1v) is 5.83. The van der Waals surface area contributed by atoms with Crippen molar-refractivity contribution >= 4 is 28.6 Å². The van der Waals surface area contributed by atoms with Crippen LogP contribution in [0.2, 0.25) is 0 Å². The monoisotopic (exact) mass is 319 g/mol. The average molecular weight is 319 g/mol. The Hall–Kier alpha value is -0.620. The molecule has 2 atom stereocenters. The zero-order chi connectivity index (χ0) is 11.4. The predicted molar refractivity (Wildman–Crippen MR) is 67.8 cm³/mol. The molecule has 1 aromatic carbocycles. The molecule has 2 unspecified atom stereocenters. The minimum absolute atomic E-state index is 0.0492. The second kappa shape index (κ2) is 5.46. The summed E-state index contributed by atoms with van der Waals surface area (Å²) in [6.45, 7) is 3.60. The maximum Gasteiger partial charge on any atom is 0.320 e. The second-order valence-corrected chi connectivity index (χ2v) is 4.75. The summed E-state index contributed by atoms with van der Waals surface area (Å²) in [5.41, 5.74) is 1.10. The summed E-state index contributed by atoms with van der Waals surface area (Å²) < 4.78 is 1.18. The Bertz CT molecular complexity index is 337. The zero-order valence-electron chi connectivity index (χ0n) is 8.70. The van der Waals surface area contributed by atoms with E-state index in [1.807, 2.05) is 31.2 Å². The summed E-state index contributed by atoms with van der Waals surface area (Å²) in [5.74, 6) is -0.827. The Balaban J connectivity index is 2.64. The lowest BCUT2D eigenvalue weighted by Gasteiger charge is -2.17. The van der Waals surface area contributed by atoms with Crippen molar-refractivity contribution in [3.63, 3.8) is 0 Å². The van der Waals surface area contributed by atoms with Crippen molar-refractivity contribution in [1.29, 1.82) is 0 Å². The topological polar surface area (TPSA) is 49.3 Å². The third kappa shape index (κ3) is 3.79. The summed E-state index contributed by atoms with van der Waals surface area (Å²) in [5, 5.41) is 11.8. The molecule has 0 heterocycles. The fourth-order valence-corrected chi connectivity index (χ4v) is 1.65. The smallest absolute Gasteiger partial charge is 0.320 e. The molecular formula is C11H14INO2. The normalized spacial score (nSPS) is 14.6. The van der Waals surface area contributed by atoms with E-state index in [9.17, 15) is 4.79 Å². The zero-order valence-corrected chi connectivity index (χ0v) is 10.9. The number of carbonyl (C=O) groups is 1. The molecule has 0 saturated carbocycles. The Morgan fingerprint density at radius 2 is 1.87 bits per heavy atom. The second-order valence-electron chi connectivity index (χ2n) is 3.50. The molecule has 0 aliphatic rings. The average Bonchev–Trinajstić information content (AvgIpc) is 2.18. The Morgan fingerprint density at radius 1 is 1.33 bits per heavy atom. The van der Waals surface area contributed by atoms with E-state index >= 15 is 0 Å². The van der Waals surface area contributed by atoms with E-state index in [-0.39, 0.29) is 6.04 Å². The van der Waals surface area contributed by atoms with Crippen molar-refractivity contribution < 1.29 is 9.90 Å². The van der Waals surface area contributed by atoms with Gasteiger partial charge in [-0.05, 0) is 54.1 Å². The van der Waals surface area contributed by atoms with Gasteiger partial charge in [0.2, 0.25) is 0 Å². The number of carboxylic acids is 1. The lowest BCUT2D eigenvalue weighted by Crippen LogP contribution is -2.35. The molecule has 0 spiro atoms. The quantitative estimate of drug-likeness (QED) is 0.838. The van der Waals surface area contributed by atoms with Gasteiger partial charge < -0.3 is 5.11 Å². The van der Waals surface area contributed by atoms with Gasteiger partial charge in [0.25, 0.3) is 0 Å². The Kier molecular flexibility index (Phi) is 4.53. The minimum atomic E-state index is -0.827. The van der Waals surface area contributed by atoms with Gasteiger partial charge in [0, 0.05) is 9.61 Å². The van der Waals surface area contributed by atoms with Gasteiger partial charge in [0.15, 0.2) is 0 Å². The number of carboxylic acid groups (broad SMARTS) is 1. The number of benzene rings is 1. The summed E-state index contributed by atoms with van der Waals surface area (Å²) in [4.78, 5) is 10.7. The molecule has 1 rings (SSSR count). The van der Waals surface area contributed by atoms with Gasteiger partial charge in [-0.2, -0.15) is 0 Å². The van der Waals surface area contributed by atoms with Crippen molar-refractivity contribution in [3.05, 3.63) is 33.4 Å². The number of hydrogen-bond donors (Lipinski definition) is 2. The molecule has 0 saturated heterocycles. The van der Waals surface area contributed by atoms with Gasteiger partial charge in [-0.25, -0.2) is 0 Å². The third-order valence-corrected chi connectivity index (χ3v) is 2.96. The first kappa shape index (κ1) is 12.4. The van der Waals surface area contributed by atoms with Crippen LogP contribution in [0.1, 0.15) is 25.5 Å². The fraction of sp³-hybridized carbons (Fsp3) is 0.364. The van der Waals surface area contributed by atoms with Crippen LogP contribution in [-0.4, -0.2) is 17.1 Å². The molecule has 0 aliphatic heterocycles. The minimum Gasteiger partial charge on any atom is -0.480 e. The van der Waals surface area contributed by atoms with Crippen LogP contribution < -0.4 is 5.32 Å². The number of nitrogens with one attached hydrogen (secondary N) is 1. The van der Waals surface area contributed by atoms with Gasteiger partial charge in [0.1, 0.15) is 6.04 Å². The van der Waals surface area contributed by atoms with Crippen LogP contribution in [0, 0.1) is 3.57 Å². The number of rotatable bonds is 4. The number of hydrogen-bond acceptors (Lipinski definition) is 2. The molecule has 15 heavy (non-hydrogen) atoms. The predicted octanol–water partition coefficient (Wildman–Crippen LogP) is 2.41. The Morgan fingerprint density at radius 3 is 2.33 bits per heavy atom. The maximum atomic E-state index is 10.7. The lowest BCUT2D eigenvalue weighted by atomic mass is 10.1. The molecule has 0 aromatic heterocycles. The highest BCUT2D eigenvalue weighted by Crippen LogP contribution is 2.14. The van der Waals surface area contributed by atoms with Crippen LogP contribution >= 0.6 is 22.6 Å². The van der Waals surface area contributed by atoms with Crippen molar-refractivity contribution in [2.24, 2.45) is 0 Å². The summed E-state index contributed by atoms with van der Waals surface area (Å²) in [7, 11) is 0. The van der Waals surface area contributed by atoms with Gasteiger partial charge in [-0.15, -0.1) is 0 Å². The van der Waals surface area contributed by atoms with Crippen molar-refractivity contribution in [3.8, 4) is 0 Å². The Labute approximate surface area is 103 Å². The van der Waals surface area contributed by atoms with Crippen molar-refractivity contribution in [1.82, 2.24) is 5.32 Å². The van der Waals surface area contributed by atoms with Gasteiger partial charge in [0.05, 0.1) is 0 Å². The highest BCUT2D eigenvalue weighted by molar-refractivity contribution is 14.1. The van der Waals surface area contributed by atoms with Gasteiger partial charge >= 0.3 is 5.97 Å². The molecule has 82 valence electrons. The van der Waals surface area contributed by atoms with E-state index in [0.717, 1.165) is 5.56 Å². The first-order chi connectivity index (χ1) is 7.00. The molecule has 1 aromatic rings. The molecule has 0 bridgehead atoms. The van der Waals surface area contributed by atoms with Crippen LogP contribution in [0.5, 0.6) is 0 Å². The van der Waals surface area contributed by atoms with E-state index in [0.29, 0.717) is 0 Å². The van der Waals surface area contributed by atoms with E-state index < -0.39 is 12.0 Å². The van der Waals surface area contributed by atoms with Crippen LogP contribution in [0.25, 0.3) is 0 Å². The van der Waals surface area contributed by atoms with Crippen LogP contribution in [0.15, 0.2) is 24.3 Å². The maximum absolute atomic E-state index is 10.7. The summed E-state index contributed by atoms with van der Waals surface area (Å²) >= 11 is 2.24. The van der Waals surface area contributed by atoms with Crippen molar-refractivity contribution in [2.45, 2.75) is 25.9 Å². The molecule has 4 heteroatoms. The van der Waals surface area contributed by atoms with E-state index in [2.05, 4.69) is 27.9 Å². The first-order valence-electron chi connectivity index (χ1n) is 4.75. The molecule has 0 amide bonds. The van der Waals surface area contributed by atoms with Crippen LogP contribution in [0.3, 0.4) is 0 Å². The standard InChI is InChI=1S/C11H14INO2/c1-7(13-8(2)11(14)15)9-3-5-10(12)6-4-9/h3-8,13H,1-2H3,(H,14,15). The van der Waals surface area contributed by atoms with Gasteiger partial charge in [-0.1, -0.05) is 12.1 Å². The fourth-order valence-electron chi connectivity index (χ4n) is 1.29. The molecular weight excluding hydrogens is 305 g/mol. The SMILES string of the molecule is CC(NC(C)c1ccc(I)cc1)C(=O)O. The largest absolute Gasteiger partial charge is 0.480 e. The van der Waals surface area contributed by atoms with Crippen LogP contribution in [0.4, 0.5) is 0 Å². The summed E-state index contributed by atoms with van der Waals surface area (Å²) in [6.07, 6.45) is 0. The van der Waals surface area contributed by atoms with E-state index in [4.69, 9.17) is 5.11 Å². The van der Waals surface area contributed by atoms with Crippen LogP contribution in [-0.2, 0) is 4.79 Å². The molecule has 0 radical (unpaired) electrons. The van der Waals surface area contributed by atoms with Crippen molar-refractivity contribution in [2.75, 3.05) is 0 Å². The van der Waals surface area contributed by atoms with Gasteiger partial charge in [-0.3, -0.25) is 10.1 Å². The number of aliphatic carboxylic acids is 1.